The lowest BCUT2D eigenvalue weighted by atomic mass is 10.1. The number of carbonyl (C=O) groups is 1. The molecule has 0 bridgehead atoms. The lowest BCUT2D eigenvalue weighted by Gasteiger charge is -2.11. The predicted octanol–water partition coefficient (Wildman–Crippen LogP) is 1.22. The molecule has 2 aliphatic rings. The van der Waals surface area contributed by atoms with Gasteiger partial charge in [0, 0.05) is 42.3 Å². The zero-order valence-electron chi connectivity index (χ0n) is 17.7. The number of rotatable bonds is 4. The number of fused-ring (bicyclic) bond motifs is 1. The molecule has 33 heavy (non-hydrogen) atoms. The van der Waals surface area contributed by atoms with E-state index in [-0.39, 0.29) is 5.75 Å². The van der Waals surface area contributed by atoms with Gasteiger partial charge in [-0.15, -0.1) is 0 Å². The van der Waals surface area contributed by atoms with E-state index in [1.54, 1.807) is 0 Å². The smallest absolute Gasteiger partial charge is 0.430 e. The van der Waals surface area contributed by atoms with Crippen molar-refractivity contribution in [2.24, 2.45) is 4.99 Å². The Hall–Kier alpha value is -3.82. The van der Waals surface area contributed by atoms with Crippen LogP contribution in [0.25, 0.3) is 16.5 Å². The highest BCUT2D eigenvalue weighted by Crippen LogP contribution is 2.32. The minimum Gasteiger partial charge on any atom is -0.542 e. The van der Waals surface area contributed by atoms with Crippen LogP contribution in [0.3, 0.4) is 0 Å². The maximum Gasteiger partial charge on any atom is 0.430 e. The van der Waals surface area contributed by atoms with Crippen molar-refractivity contribution in [2.45, 2.75) is 19.0 Å². The maximum absolute atomic E-state index is 10.7. The van der Waals surface area contributed by atoms with E-state index in [1.165, 1.54) is 16.5 Å². The van der Waals surface area contributed by atoms with Gasteiger partial charge in [-0.2, -0.15) is 13.2 Å². The third kappa shape index (κ3) is 4.41. The number of aromatic nitrogens is 1. The summed E-state index contributed by atoms with van der Waals surface area (Å²) >= 11 is 0. The summed E-state index contributed by atoms with van der Waals surface area (Å²) in [4.78, 5) is 16.6. The van der Waals surface area contributed by atoms with Crippen molar-refractivity contribution in [1.29, 1.82) is 0 Å². The van der Waals surface area contributed by atoms with Gasteiger partial charge in [-0.25, -0.2) is 4.58 Å². The topological polar surface area (TPSA) is 104 Å². The van der Waals surface area contributed by atoms with Crippen LogP contribution >= 0.6 is 0 Å². The largest absolute Gasteiger partial charge is 0.542 e. The molecule has 2 aliphatic heterocycles. The number of alkyl halides is 3. The summed E-state index contributed by atoms with van der Waals surface area (Å²) in [6, 6.07) is 10.4. The third-order valence-electron chi connectivity index (χ3n) is 5.67. The van der Waals surface area contributed by atoms with Crippen LogP contribution in [-0.4, -0.2) is 48.6 Å². The molecule has 172 valence electrons. The van der Waals surface area contributed by atoms with E-state index in [0.717, 1.165) is 47.7 Å². The van der Waals surface area contributed by atoms with Gasteiger partial charge in [0.1, 0.15) is 25.2 Å². The van der Waals surface area contributed by atoms with Crippen LogP contribution in [0.15, 0.2) is 41.5 Å². The van der Waals surface area contributed by atoms with Gasteiger partial charge < -0.3 is 25.3 Å². The van der Waals surface area contributed by atoms with E-state index in [4.69, 9.17) is 9.90 Å². The van der Waals surface area contributed by atoms with Gasteiger partial charge in [0.25, 0.3) is 0 Å². The Morgan fingerprint density at radius 3 is 2.79 bits per heavy atom. The number of carboxylic acid groups (broad SMARTS) is 1. The van der Waals surface area contributed by atoms with Crippen molar-refractivity contribution in [3.8, 4) is 5.75 Å². The predicted molar refractivity (Wildman–Crippen MR) is 117 cm³/mol. The first kappa shape index (κ1) is 22.4. The highest BCUT2D eigenvalue weighted by Gasteiger charge is 2.29. The Kier molecular flexibility index (Phi) is 5.84. The number of aliphatic carboxylic acids is 1. The molecule has 0 radical (unpaired) electrons. The molecule has 5 rings (SSSR count). The van der Waals surface area contributed by atoms with Crippen LogP contribution in [-0.2, 0) is 11.2 Å². The van der Waals surface area contributed by atoms with Crippen molar-refractivity contribution in [3.63, 3.8) is 0 Å². The van der Waals surface area contributed by atoms with Crippen molar-refractivity contribution < 1.29 is 28.2 Å². The number of benzene rings is 2. The number of anilines is 1. The van der Waals surface area contributed by atoms with Crippen LogP contribution in [0.2, 0.25) is 0 Å². The summed E-state index contributed by atoms with van der Waals surface area (Å²) in [6.07, 6.45) is 0.633. The summed E-state index contributed by atoms with van der Waals surface area (Å²) in [5, 5.41) is 26.4. The number of hydrogen-bond donors (Lipinski definition) is 3. The van der Waals surface area contributed by atoms with Crippen molar-refractivity contribution in [2.75, 3.05) is 25.5 Å². The normalized spacial score (nSPS) is 14.2. The molecule has 0 amide bonds. The fourth-order valence-electron chi connectivity index (χ4n) is 4.00. The van der Waals surface area contributed by atoms with Gasteiger partial charge in [0.15, 0.2) is 5.75 Å². The van der Waals surface area contributed by atoms with E-state index in [9.17, 15) is 18.3 Å². The van der Waals surface area contributed by atoms with Crippen LogP contribution in [0, 0.1) is 0 Å². The average molecular weight is 458 g/mol. The van der Waals surface area contributed by atoms with Gasteiger partial charge in [0.2, 0.25) is 5.36 Å². The number of phenols is 1. The quantitative estimate of drug-likeness (QED) is 0.404. The van der Waals surface area contributed by atoms with Crippen molar-refractivity contribution in [1.82, 2.24) is 9.56 Å². The van der Waals surface area contributed by atoms with Gasteiger partial charge in [-0.1, -0.05) is 18.2 Å². The molecule has 10 heteroatoms. The van der Waals surface area contributed by atoms with Crippen LogP contribution in [0.4, 0.5) is 24.5 Å². The maximum atomic E-state index is 10.7. The van der Waals surface area contributed by atoms with E-state index in [0.29, 0.717) is 5.69 Å². The molecule has 7 nitrogen and oxygen atoms in total. The molecule has 0 spiro atoms. The van der Waals surface area contributed by atoms with Crippen molar-refractivity contribution in [3.05, 3.63) is 52.7 Å². The monoisotopic (exact) mass is 458 g/mol. The number of carboxylic acids is 1. The van der Waals surface area contributed by atoms with E-state index in [2.05, 4.69) is 57.4 Å². The third-order valence-corrected chi connectivity index (χ3v) is 5.67. The lowest BCUT2D eigenvalue weighted by Crippen LogP contribution is -2.43. The standard InChI is InChI=1S/C21H20N4O.C2HF3O2/c1-25-9-7-14-12-24-20-19(14)18(25)10-17(21(20)26)22-8-6-13-11-23-16-5-3-2-4-15(13)16;3-2(4,5)1(6)7/h2-5,10-12,23H,6-9H2,1H3,(H,22,24,26);(H,6,7). The van der Waals surface area contributed by atoms with E-state index < -0.39 is 12.1 Å². The number of aromatic amines is 1. The fourth-order valence-corrected chi connectivity index (χ4v) is 4.00. The minimum absolute atomic E-state index is 0.254. The number of phenolic OH excluding ortho intramolecular Hbond substituents is 1. The van der Waals surface area contributed by atoms with Gasteiger partial charge in [-0.3, -0.25) is 4.99 Å². The second-order valence-corrected chi connectivity index (χ2v) is 7.79. The molecule has 2 aromatic carbocycles. The second-order valence-electron chi connectivity index (χ2n) is 7.79. The van der Waals surface area contributed by atoms with Gasteiger partial charge in [-0.05, 0) is 23.6 Å². The molecule has 0 saturated carbocycles. The Balaban J connectivity index is 0.000000325. The average Bonchev–Trinajstić information content (AvgIpc) is 3.38. The number of halogens is 3. The first-order chi connectivity index (χ1) is 15.7. The first-order valence-corrected chi connectivity index (χ1v) is 10.2. The number of aliphatic imine (C=N–C) groups is 1. The molecule has 0 aliphatic carbocycles. The molecule has 0 unspecified atom stereocenters. The Bertz CT molecular complexity index is 1390. The van der Waals surface area contributed by atoms with Gasteiger partial charge in [0.05, 0.1) is 10.9 Å². The number of H-pyrrole nitrogens is 1. The number of para-hydroxylation sites is 1. The minimum atomic E-state index is -5.19. The molecule has 0 saturated heterocycles. The highest BCUT2D eigenvalue weighted by atomic mass is 19.4. The Morgan fingerprint density at radius 2 is 2.06 bits per heavy atom. The number of carbonyl (C=O) groups excluding carboxylic acids is 1. The van der Waals surface area contributed by atoms with E-state index >= 15 is 0 Å². The van der Waals surface area contributed by atoms with Gasteiger partial charge >= 0.3 is 6.18 Å². The molecular formula is C23H21F3N4O3. The number of nitrogens with zero attached hydrogens (tertiary/aromatic N) is 2. The Morgan fingerprint density at radius 1 is 1.33 bits per heavy atom. The van der Waals surface area contributed by atoms with Crippen molar-refractivity contribution >= 4 is 40.0 Å². The lowest BCUT2D eigenvalue weighted by molar-refractivity contribution is -0.344. The number of aromatic hydroxyl groups is 1. The molecule has 3 aromatic rings. The summed E-state index contributed by atoms with van der Waals surface area (Å²) < 4.78 is 33.8. The number of nitrogens with one attached hydrogen (secondary N) is 2. The summed E-state index contributed by atoms with van der Waals surface area (Å²) in [5.41, 5.74) is 5.13. The van der Waals surface area contributed by atoms with Crippen LogP contribution in [0.5, 0.6) is 5.75 Å². The molecule has 3 N–H and O–H groups in total. The van der Waals surface area contributed by atoms with Crippen LogP contribution < -0.4 is 25.6 Å². The van der Waals surface area contributed by atoms with Crippen LogP contribution in [0.1, 0.15) is 12.0 Å². The fraction of sp³-hybridized carbons (Fsp3) is 0.261. The zero-order chi connectivity index (χ0) is 23.8. The molecular weight excluding hydrogens is 437 g/mol. The SMILES string of the molecule is C[N+]1=c2cc(NCCc3c[nH]c4ccccc34)c(O)c3c2=C(C=N3)CC1.O=C([O-])C(F)(F)F. The Labute approximate surface area is 186 Å². The second kappa shape index (κ2) is 8.61. The van der Waals surface area contributed by atoms with E-state index in [1.807, 2.05) is 12.3 Å². The number of hydrogen-bond acceptors (Lipinski definition) is 5. The first-order valence-electron chi connectivity index (χ1n) is 10.2. The summed E-state index contributed by atoms with van der Waals surface area (Å²) in [7, 11) is 2.09. The molecule has 3 heterocycles. The molecule has 0 atom stereocenters. The highest BCUT2D eigenvalue weighted by molar-refractivity contribution is 6.08. The molecule has 1 aromatic heterocycles. The zero-order valence-corrected chi connectivity index (χ0v) is 17.7. The summed E-state index contributed by atoms with van der Waals surface area (Å²) in [6.45, 7) is 1.73. The molecule has 0 fully saturated rings. The summed E-state index contributed by atoms with van der Waals surface area (Å²) in [5.74, 6) is -2.75.